The van der Waals surface area contributed by atoms with E-state index in [2.05, 4.69) is 10.1 Å². The quantitative estimate of drug-likeness (QED) is 0.817. The highest BCUT2D eigenvalue weighted by Crippen LogP contribution is 2.36. The summed E-state index contributed by atoms with van der Waals surface area (Å²) in [6.07, 6.45) is -4.77. The van der Waals surface area contributed by atoms with Gasteiger partial charge in [0.2, 0.25) is 0 Å². The second-order valence-corrected chi connectivity index (χ2v) is 4.28. The van der Waals surface area contributed by atoms with E-state index in [1.165, 1.54) is 18.2 Å². The van der Waals surface area contributed by atoms with Crippen molar-refractivity contribution in [2.45, 2.75) is 6.36 Å². The van der Waals surface area contributed by atoms with Gasteiger partial charge in [-0.2, -0.15) is 0 Å². The van der Waals surface area contributed by atoms with Crippen LogP contribution in [-0.2, 0) is 0 Å². The minimum atomic E-state index is -4.77. The number of hydrogen-bond acceptors (Lipinski definition) is 3. The van der Waals surface area contributed by atoms with Crippen molar-refractivity contribution in [3.05, 3.63) is 47.5 Å². The number of ether oxygens (including phenoxy) is 1. The van der Waals surface area contributed by atoms with E-state index in [1.807, 2.05) is 0 Å². The van der Waals surface area contributed by atoms with Crippen molar-refractivity contribution in [3.8, 4) is 5.75 Å². The number of benzene rings is 2. The standard InChI is InChI=1S/C13H10ClF3N2O/c14-8-4-3-5-9(18)12(8)19-10-6-1-2-7-11(10)20-13(15,16)17/h1-7,19H,18H2. The van der Waals surface area contributed by atoms with Crippen molar-refractivity contribution in [2.24, 2.45) is 0 Å². The molecule has 0 spiro atoms. The molecule has 0 aliphatic rings. The smallest absolute Gasteiger partial charge is 0.404 e. The fraction of sp³-hybridized carbons (Fsp3) is 0.0769. The van der Waals surface area contributed by atoms with Gasteiger partial charge in [-0.1, -0.05) is 29.8 Å². The van der Waals surface area contributed by atoms with Gasteiger partial charge in [-0.05, 0) is 24.3 Å². The topological polar surface area (TPSA) is 47.3 Å². The maximum atomic E-state index is 12.3. The Morgan fingerprint density at radius 3 is 2.40 bits per heavy atom. The number of rotatable bonds is 3. The molecular formula is C13H10ClF3N2O. The second-order valence-electron chi connectivity index (χ2n) is 3.87. The molecule has 0 aliphatic heterocycles. The van der Waals surface area contributed by atoms with Crippen molar-refractivity contribution in [1.29, 1.82) is 0 Å². The van der Waals surface area contributed by atoms with Crippen molar-refractivity contribution in [2.75, 3.05) is 11.1 Å². The van der Waals surface area contributed by atoms with E-state index in [4.69, 9.17) is 17.3 Å². The molecule has 0 fully saturated rings. The highest BCUT2D eigenvalue weighted by Gasteiger charge is 2.32. The average molecular weight is 303 g/mol. The molecular weight excluding hydrogens is 293 g/mol. The highest BCUT2D eigenvalue weighted by molar-refractivity contribution is 6.34. The predicted molar refractivity (Wildman–Crippen MR) is 72.3 cm³/mol. The van der Waals surface area contributed by atoms with E-state index in [9.17, 15) is 13.2 Å². The first-order chi connectivity index (χ1) is 9.37. The molecule has 7 heteroatoms. The Balaban J connectivity index is 2.35. The molecule has 0 aliphatic carbocycles. The number of alkyl halides is 3. The second kappa shape index (κ2) is 5.50. The summed E-state index contributed by atoms with van der Waals surface area (Å²) in [5, 5.41) is 3.05. The van der Waals surface area contributed by atoms with Crippen LogP contribution in [0.1, 0.15) is 0 Å². The number of nitrogen functional groups attached to an aromatic ring is 1. The van der Waals surface area contributed by atoms with E-state index in [0.717, 1.165) is 0 Å². The van der Waals surface area contributed by atoms with E-state index in [1.54, 1.807) is 24.3 Å². The lowest BCUT2D eigenvalue weighted by Gasteiger charge is -2.16. The summed E-state index contributed by atoms with van der Waals surface area (Å²) in [5.41, 5.74) is 6.50. The first kappa shape index (κ1) is 14.3. The van der Waals surface area contributed by atoms with Crippen LogP contribution in [0.25, 0.3) is 0 Å². The Hall–Kier alpha value is -2.08. The maximum Gasteiger partial charge on any atom is 0.573 e. The molecule has 2 rings (SSSR count). The van der Waals surface area contributed by atoms with Gasteiger partial charge in [-0.25, -0.2) is 0 Å². The fourth-order valence-electron chi connectivity index (χ4n) is 1.59. The molecule has 0 atom stereocenters. The number of nitrogens with two attached hydrogens (primary N) is 1. The van der Waals surface area contributed by atoms with E-state index in [-0.39, 0.29) is 11.4 Å². The Morgan fingerprint density at radius 2 is 1.75 bits per heavy atom. The normalized spacial score (nSPS) is 11.2. The molecule has 0 aromatic heterocycles. The van der Waals surface area contributed by atoms with Crippen LogP contribution < -0.4 is 15.8 Å². The lowest BCUT2D eigenvalue weighted by Crippen LogP contribution is -2.17. The van der Waals surface area contributed by atoms with Crippen LogP contribution in [-0.4, -0.2) is 6.36 Å². The Labute approximate surface area is 118 Å². The van der Waals surface area contributed by atoms with Crippen molar-refractivity contribution in [3.63, 3.8) is 0 Å². The van der Waals surface area contributed by atoms with Gasteiger partial charge in [0.05, 0.1) is 22.1 Å². The van der Waals surface area contributed by atoms with Gasteiger partial charge in [0.1, 0.15) is 0 Å². The third kappa shape index (κ3) is 3.48. The zero-order valence-corrected chi connectivity index (χ0v) is 10.8. The third-order valence-corrected chi connectivity index (χ3v) is 2.73. The van der Waals surface area contributed by atoms with Crippen LogP contribution in [0, 0.1) is 0 Å². The summed E-state index contributed by atoms with van der Waals surface area (Å²) in [6, 6.07) is 10.4. The van der Waals surface area contributed by atoms with Crippen LogP contribution in [0.15, 0.2) is 42.5 Å². The molecule has 2 aromatic rings. The number of nitrogens with one attached hydrogen (secondary N) is 1. The predicted octanol–water partition coefficient (Wildman–Crippen LogP) is 4.56. The average Bonchev–Trinajstić information content (AvgIpc) is 2.34. The fourth-order valence-corrected chi connectivity index (χ4v) is 1.82. The molecule has 3 nitrogen and oxygen atoms in total. The van der Waals surface area contributed by atoms with Crippen LogP contribution in [0.5, 0.6) is 5.75 Å². The Kier molecular flexibility index (Phi) is 3.94. The maximum absolute atomic E-state index is 12.3. The lowest BCUT2D eigenvalue weighted by molar-refractivity contribution is -0.274. The molecule has 3 N–H and O–H groups in total. The summed E-state index contributed by atoms with van der Waals surface area (Å²) in [6.45, 7) is 0. The monoisotopic (exact) mass is 302 g/mol. The molecule has 0 bridgehead atoms. The van der Waals surface area contributed by atoms with Crippen LogP contribution in [0.3, 0.4) is 0 Å². The first-order valence-electron chi connectivity index (χ1n) is 5.52. The molecule has 0 unspecified atom stereocenters. The molecule has 0 heterocycles. The van der Waals surface area contributed by atoms with Crippen molar-refractivity contribution in [1.82, 2.24) is 0 Å². The largest absolute Gasteiger partial charge is 0.573 e. The summed E-state index contributed by atoms with van der Waals surface area (Å²) in [7, 11) is 0. The van der Waals surface area contributed by atoms with E-state index < -0.39 is 6.36 Å². The molecule has 0 radical (unpaired) electrons. The summed E-state index contributed by atoms with van der Waals surface area (Å²) >= 11 is 5.96. The van der Waals surface area contributed by atoms with Crippen LogP contribution >= 0.6 is 11.6 Å². The van der Waals surface area contributed by atoms with Gasteiger partial charge in [0.25, 0.3) is 0 Å². The summed E-state index contributed by atoms with van der Waals surface area (Å²) < 4.78 is 40.9. The number of anilines is 3. The Morgan fingerprint density at radius 1 is 1.05 bits per heavy atom. The van der Waals surface area contributed by atoms with Gasteiger partial charge >= 0.3 is 6.36 Å². The molecule has 106 valence electrons. The Bertz CT molecular complexity index is 597. The van der Waals surface area contributed by atoms with E-state index in [0.29, 0.717) is 16.4 Å². The van der Waals surface area contributed by atoms with Gasteiger partial charge in [-0.15, -0.1) is 13.2 Å². The highest BCUT2D eigenvalue weighted by atomic mass is 35.5. The lowest BCUT2D eigenvalue weighted by atomic mass is 10.2. The molecule has 0 saturated carbocycles. The van der Waals surface area contributed by atoms with Crippen LogP contribution in [0.4, 0.5) is 30.2 Å². The molecule has 0 saturated heterocycles. The van der Waals surface area contributed by atoms with E-state index >= 15 is 0 Å². The number of halogens is 4. The van der Waals surface area contributed by atoms with Gasteiger partial charge in [-0.3, -0.25) is 0 Å². The number of para-hydroxylation sites is 3. The van der Waals surface area contributed by atoms with Crippen molar-refractivity contribution < 1.29 is 17.9 Å². The van der Waals surface area contributed by atoms with Gasteiger partial charge in [0, 0.05) is 0 Å². The number of hydrogen-bond donors (Lipinski definition) is 2. The van der Waals surface area contributed by atoms with Gasteiger partial charge < -0.3 is 15.8 Å². The molecule has 2 aromatic carbocycles. The third-order valence-electron chi connectivity index (χ3n) is 2.42. The minimum Gasteiger partial charge on any atom is -0.404 e. The minimum absolute atomic E-state index is 0.115. The van der Waals surface area contributed by atoms with Gasteiger partial charge in [0.15, 0.2) is 5.75 Å². The SMILES string of the molecule is Nc1cccc(Cl)c1Nc1ccccc1OC(F)(F)F. The first-order valence-corrected chi connectivity index (χ1v) is 5.90. The zero-order valence-electron chi connectivity index (χ0n) is 10.0. The zero-order chi connectivity index (χ0) is 14.8. The summed E-state index contributed by atoms with van der Waals surface area (Å²) in [4.78, 5) is 0. The van der Waals surface area contributed by atoms with Crippen molar-refractivity contribution >= 4 is 28.7 Å². The van der Waals surface area contributed by atoms with Crippen LogP contribution in [0.2, 0.25) is 5.02 Å². The molecule has 20 heavy (non-hydrogen) atoms. The molecule has 0 amide bonds. The summed E-state index contributed by atoms with van der Waals surface area (Å²) in [5.74, 6) is -0.362.